The van der Waals surface area contributed by atoms with E-state index in [0.717, 1.165) is 6.42 Å². The van der Waals surface area contributed by atoms with Crippen LogP contribution in [0.2, 0.25) is 0 Å². The van der Waals surface area contributed by atoms with Gasteiger partial charge in [0.15, 0.2) is 0 Å². The predicted molar refractivity (Wildman–Crippen MR) is 61.7 cm³/mol. The van der Waals surface area contributed by atoms with Gasteiger partial charge in [-0.25, -0.2) is 0 Å². The van der Waals surface area contributed by atoms with Crippen molar-refractivity contribution < 1.29 is 9.72 Å². The van der Waals surface area contributed by atoms with Crippen molar-refractivity contribution in [2.24, 2.45) is 7.05 Å². The molecule has 0 atom stereocenters. The predicted octanol–water partition coefficient (Wildman–Crippen LogP) is 0.266. The zero-order chi connectivity index (χ0) is 12.8. The SMILES string of the molecule is CCCNC(=O)CNc1nn(C)cc1[N+](=O)[O-]. The fourth-order valence-corrected chi connectivity index (χ4v) is 1.23. The molecule has 94 valence electrons. The molecule has 0 unspecified atom stereocenters. The van der Waals surface area contributed by atoms with Gasteiger partial charge in [-0.1, -0.05) is 6.92 Å². The first-order chi connectivity index (χ1) is 8.04. The largest absolute Gasteiger partial charge is 0.355 e. The average Bonchev–Trinajstić information content (AvgIpc) is 2.65. The lowest BCUT2D eigenvalue weighted by atomic mass is 10.4. The van der Waals surface area contributed by atoms with E-state index in [1.807, 2.05) is 6.92 Å². The monoisotopic (exact) mass is 241 g/mol. The molecule has 8 heteroatoms. The van der Waals surface area contributed by atoms with Crippen LogP contribution in [0.3, 0.4) is 0 Å². The lowest BCUT2D eigenvalue weighted by Crippen LogP contribution is -2.30. The van der Waals surface area contributed by atoms with Crippen LogP contribution in [0.15, 0.2) is 6.20 Å². The normalized spacial score (nSPS) is 10.0. The van der Waals surface area contributed by atoms with Crippen LogP contribution in [0.4, 0.5) is 11.5 Å². The van der Waals surface area contributed by atoms with E-state index in [1.165, 1.54) is 10.9 Å². The molecule has 1 amide bonds. The lowest BCUT2D eigenvalue weighted by Gasteiger charge is -2.03. The molecule has 0 spiro atoms. The van der Waals surface area contributed by atoms with Gasteiger partial charge in [0.25, 0.3) is 0 Å². The van der Waals surface area contributed by atoms with Crippen LogP contribution in [0.25, 0.3) is 0 Å². The van der Waals surface area contributed by atoms with E-state index in [1.54, 1.807) is 7.05 Å². The molecule has 2 N–H and O–H groups in total. The quantitative estimate of drug-likeness (QED) is 0.549. The van der Waals surface area contributed by atoms with Gasteiger partial charge in [0.1, 0.15) is 6.20 Å². The second kappa shape index (κ2) is 5.83. The van der Waals surface area contributed by atoms with Gasteiger partial charge in [-0.05, 0) is 6.42 Å². The minimum Gasteiger partial charge on any atom is -0.355 e. The molecule has 0 fully saturated rings. The topological polar surface area (TPSA) is 102 Å². The molecule has 8 nitrogen and oxygen atoms in total. The van der Waals surface area contributed by atoms with Crippen LogP contribution in [-0.4, -0.2) is 33.7 Å². The molecule has 0 radical (unpaired) electrons. The molecule has 0 saturated heterocycles. The molecule has 1 aromatic heterocycles. The van der Waals surface area contributed by atoms with Crippen molar-refractivity contribution in [3.05, 3.63) is 16.3 Å². The van der Waals surface area contributed by atoms with Crippen LogP contribution in [0.5, 0.6) is 0 Å². The molecule has 1 heterocycles. The summed E-state index contributed by atoms with van der Waals surface area (Å²) >= 11 is 0. The number of carbonyl (C=O) groups excluding carboxylic acids is 1. The van der Waals surface area contributed by atoms with Gasteiger partial charge in [0.2, 0.25) is 11.7 Å². The third kappa shape index (κ3) is 3.74. The number of amides is 1. The molecule has 1 aromatic rings. The summed E-state index contributed by atoms with van der Waals surface area (Å²) in [6.07, 6.45) is 2.13. The third-order valence-electron chi connectivity index (χ3n) is 1.99. The van der Waals surface area contributed by atoms with Gasteiger partial charge in [-0.2, -0.15) is 0 Å². The van der Waals surface area contributed by atoms with E-state index >= 15 is 0 Å². The van der Waals surface area contributed by atoms with E-state index in [9.17, 15) is 14.9 Å². The van der Waals surface area contributed by atoms with Crippen molar-refractivity contribution >= 4 is 17.4 Å². The van der Waals surface area contributed by atoms with Crippen molar-refractivity contribution in [1.29, 1.82) is 0 Å². The summed E-state index contributed by atoms with van der Waals surface area (Å²) in [5.41, 5.74) is -0.143. The Bertz CT molecular complexity index is 415. The highest BCUT2D eigenvalue weighted by molar-refractivity contribution is 5.81. The highest BCUT2D eigenvalue weighted by Gasteiger charge is 2.18. The number of anilines is 1. The van der Waals surface area contributed by atoms with Crippen LogP contribution in [0.1, 0.15) is 13.3 Å². The molecule has 0 aliphatic rings. The fourth-order valence-electron chi connectivity index (χ4n) is 1.23. The van der Waals surface area contributed by atoms with Crippen LogP contribution < -0.4 is 10.6 Å². The highest BCUT2D eigenvalue weighted by Crippen LogP contribution is 2.20. The second-order valence-electron chi connectivity index (χ2n) is 3.50. The Morgan fingerprint density at radius 3 is 2.94 bits per heavy atom. The second-order valence-corrected chi connectivity index (χ2v) is 3.50. The molecule has 17 heavy (non-hydrogen) atoms. The number of nitrogens with one attached hydrogen (secondary N) is 2. The lowest BCUT2D eigenvalue weighted by molar-refractivity contribution is -0.384. The number of nitrogens with zero attached hydrogens (tertiary/aromatic N) is 3. The van der Waals surface area contributed by atoms with Crippen LogP contribution in [-0.2, 0) is 11.8 Å². The van der Waals surface area contributed by atoms with Gasteiger partial charge >= 0.3 is 5.69 Å². The summed E-state index contributed by atoms with van der Waals surface area (Å²) in [6.45, 7) is 2.50. The summed E-state index contributed by atoms with van der Waals surface area (Å²) in [4.78, 5) is 21.4. The molecular formula is C9H15N5O3. The maximum absolute atomic E-state index is 11.3. The van der Waals surface area contributed by atoms with Gasteiger partial charge in [-0.15, -0.1) is 5.10 Å². The molecular weight excluding hydrogens is 226 g/mol. The van der Waals surface area contributed by atoms with Gasteiger partial charge in [0.05, 0.1) is 11.5 Å². The highest BCUT2D eigenvalue weighted by atomic mass is 16.6. The van der Waals surface area contributed by atoms with Crippen molar-refractivity contribution in [1.82, 2.24) is 15.1 Å². The Morgan fingerprint density at radius 1 is 1.65 bits per heavy atom. The van der Waals surface area contributed by atoms with Crippen molar-refractivity contribution in [2.75, 3.05) is 18.4 Å². The molecule has 0 aliphatic heterocycles. The van der Waals surface area contributed by atoms with E-state index in [0.29, 0.717) is 6.54 Å². The molecule has 0 aromatic carbocycles. The molecule has 0 aliphatic carbocycles. The number of nitro groups is 1. The standard InChI is InChI=1S/C9H15N5O3/c1-3-4-10-8(15)5-11-9-7(14(16)17)6-13(2)12-9/h6H,3-5H2,1-2H3,(H,10,15)(H,11,12). The number of aromatic nitrogens is 2. The summed E-state index contributed by atoms with van der Waals surface area (Å²) in [6, 6.07) is 0. The molecule has 0 bridgehead atoms. The van der Waals surface area contributed by atoms with Crippen molar-refractivity contribution in [3.8, 4) is 0 Å². The Morgan fingerprint density at radius 2 is 2.35 bits per heavy atom. The van der Waals surface area contributed by atoms with E-state index in [2.05, 4.69) is 15.7 Å². The van der Waals surface area contributed by atoms with E-state index in [4.69, 9.17) is 0 Å². The smallest absolute Gasteiger partial charge is 0.330 e. The molecule has 1 rings (SSSR count). The average molecular weight is 241 g/mol. The van der Waals surface area contributed by atoms with Crippen molar-refractivity contribution in [2.45, 2.75) is 13.3 Å². The summed E-state index contributed by atoms with van der Waals surface area (Å²) in [5.74, 6) is -0.115. The maximum Gasteiger partial charge on any atom is 0.330 e. The number of carbonyl (C=O) groups is 1. The maximum atomic E-state index is 11.3. The summed E-state index contributed by atoms with van der Waals surface area (Å²) in [7, 11) is 1.58. The minimum absolute atomic E-state index is 0.0299. The number of hydrogen-bond acceptors (Lipinski definition) is 5. The molecule has 0 saturated carbocycles. The Balaban J connectivity index is 2.57. The third-order valence-corrected chi connectivity index (χ3v) is 1.99. The first kappa shape index (κ1) is 12.9. The van der Waals surface area contributed by atoms with Gasteiger partial charge < -0.3 is 10.6 Å². The first-order valence-corrected chi connectivity index (χ1v) is 5.23. The van der Waals surface area contributed by atoms with Gasteiger partial charge in [-0.3, -0.25) is 19.6 Å². The number of aryl methyl sites for hydroxylation is 1. The fraction of sp³-hybridized carbons (Fsp3) is 0.556. The Kier molecular flexibility index (Phi) is 4.44. The van der Waals surface area contributed by atoms with E-state index < -0.39 is 4.92 Å². The van der Waals surface area contributed by atoms with Crippen LogP contribution >= 0.6 is 0 Å². The summed E-state index contributed by atoms with van der Waals surface area (Å²) in [5, 5.41) is 19.8. The number of hydrogen-bond donors (Lipinski definition) is 2. The zero-order valence-corrected chi connectivity index (χ0v) is 9.77. The van der Waals surface area contributed by atoms with Crippen LogP contribution in [0, 0.1) is 10.1 Å². The van der Waals surface area contributed by atoms with Gasteiger partial charge in [0, 0.05) is 13.6 Å². The first-order valence-electron chi connectivity index (χ1n) is 5.23. The zero-order valence-electron chi connectivity index (χ0n) is 9.77. The minimum atomic E-state index is -0.542. The number of rotatable bonds is 6. The summed E-state index contributed by atoms with van der Waals surface area (Å²) < 4.78 is 1.32. The Hall–Kier alpha value is -2.12. The Labute approximate surface area is 98.1 Å². The van der Waals surface area contributed by atoms with E-state index in [-0.39, 0.29) is 24.0 Å². The van der Waals surface area contributed by atoms with Crippen molar-refractivity contribution in [3.63, 3.8) is 0 Å².